The van der Waals surface area contributed by atoms with Gasteiger partial charge in [0.05, 0.1) is 36.9 Å². The summed E-state index contributed by atoms with van der Waals surface area (Å²) in [5, 5.41) is 13.1. The average Bonchev–Trinajstić information content (AvgIpc) is 3.86. The molecule has 1 fully saturated rings. The molecule has 6 aromatic heterocycles. The van der Waals surface area contributed by atoms with Crippen LogP contribution in [0.2, 0.25) is 0 Å². The van der Waals surface area contributed by atoms with E-state index in [1.165, 1.54) is 12.4 Å². The molecule has 7 rings (SSSR count). The van der Waals surface area contributed by atoms with Crippen molar-refractivity contribution in [3.8, 4) is 22.3 Å². The van der Waals surface area contributed by atoms with E-state index in [1.807, 2.05) is 36.4 Å². The fourth-order valence-electron chi connectivity index (χ4n) is 6.05. The molecular formula is C32H36N10O3S. The van der Waals surface area contributed by atoms with E-state index >= 15 is 0 Å². The van der Waals surface area contributed by atoms with Gasteiger partial charge in [0, 0.05) is 67.2 Å². The van der Waals surface area contributed by atoms with Crippen molar-refractivity contribution >= 4 is 26.7 Å². The van der Waals surface area contributed by atoms with Gasteiger partial charge in [-0.05, 0) is 51.0 Å². The second-order valence-corrected chi connectivity index (χ2v) is 13.5. The molecule has 1 aliphatic heterocycles. The maximum atomic E-state index is 14.0. The summed E-state index contributed by atoms with van der Waals surface area (Å²) >= 11 is 0. The molecule has 0 spiro atoms. The summed E-state index contributed by atoms with van der Waals surface area (Å²) in [6.45, 7) is 10.1. The Labute approximate surface area is 266 Å². The van der Waals surface area contributed by atoms with E-state index in [2.05, 4.69) is 50.6 Å². The monoisotopic (exact) mass is 640 g/mol. The molecule has 0 bridgehead atoms. The van der Waals surface area contributed by atoms with Crippen molar-refractivity contribution in [2.75, 3.05) is 13.1 Å². The molecule has 46 heavy (non-hydrogen) atoms. The normalized spacial score (nSPS) is 15.2. The Morgan fingerprint density at radius 1 is 0.957 bits per heavy atom. The number of imidazole rings is 1. The van der Waals surface area contributed by atoms with Crippen LogP contribution in [-0.4, -0.2) is 75.6 Å². The van der Waals surface area contributed by atoms with Crippen LogP contribution in [0, 0.1) is 0 Å². The molecule has 0 aliphatic carbocycles. The van der Waals surface area contributed by atoms with Crippen LogP contribution in [0.25, 0.3) is 38.9 Å². The van der Waals surface area contributed by atoms with Crippen LogP contribution in [0.3, 0.4) is 0 Å². The predicted molar refractivity (Wildman–Crippen MR) is 173 cm³/mol. The number of pyridine rings is 2. The van der Waals surface area contributed by atoms with Crippen molar-refractivity contribution in [3.63, 3.8) is 0 Å². The molecule has 0 saturated carbocycles. The van der Waals surface area contributed by atoms with Gasteiger partial charge in [-0.3, -0.25) is 18.7 Å². The van der Waals surface area contributed by atoms with Crippen molar-refractivity contribution in [2.24, 2.45) is 7.05 Å². The van der Waals surface area contributed by atoms with Gasteiger partial charge in [0.25, 0.3) is 0 Å². The van der Waals surface area contributed by atoms with Crippen LogP contribution in [0.1, 0.15) is 45.6 Å². The van der Waals surface area contributed by atoms with Crippen LogP contribution in [-0.2, 0) is 21.8 Å². The topological polar surface area (TPSA) is 130 Å². The zero-order valence-electron chi connectivity index (χ0n) is 26.1. The Kier molecular flexibility index (Phi) is 7.59. The maximum Gasteiger partial charge on any atom is 0.301 e. The third-order valence-electron chi connectivity index (χ3n) is 8.55. The van der Waals surface area contributed by atoms with Gasteiger partial charge >= 0.3 is 10.0 Å². The highest BCUT2D eigenvalue weighted by atomic mass is 32.2. The lowest BCUT2D eigenvalue weighted by atomic mass is 10.1. The van der Waals surface area contributed by atoms with Gasteiger partial charge in [-0.25, -0.2) is 4.98 Å². The minimum atomic E-state index is -4.13. The largest absolute Gasteiger partial charge is 0.477 e. The number of nitrogens with zero attached hydrogens (tertiary/aromatic N) is 10. The number of rotatable bonds is 10. The van der Waals surface area contributed by atoms with E-state index in [0.29, 0.717) is 16.7 Å². The standard InChI is InChI=1S/C32H36N10O3S/c1-5-6-22(2)45-23(3)39-11-9-28(10-12-39)41-21-27(16-36-41)24-7-8-31-34-18-32(40(31)20-24)46(43,44)42-30-13-25(14-33-29(30)17-37-42)26-15-35-38(4)19-26/h7-8,13-22,28H,3,5-6,9-12H2,1-2,4H3. The Hall–Kier alpha value is -4.98. The lowest BCUT2D eigenvalue weighted by molar-refractivity contribution is 0.0426. The van der Waals surface area contributed by atoms with Crippen molar-refractivity contribution in [2.45, 2.75) is 56.7 Å². The number of hydrogen-bond acceptors (Lipinski definition) is 9. The van der Waals surface area contributed by atoms with E-state index in [9.17, 15) is 8.42 Å². The first-order valence-electron chi connectivity index (χ1n) is 15.4. The Balaban J connectivity index is 1.13. The van der Waals surface area contributed by atoms with Crippen molar-refractivity contribution in [1.82, 2.24) is 48.0 Å². The quantitative estimate of drug-likeness (QED) is 0.192. The van der Waals surface area contributed by atoms with Gasteiger partial charge in [-0.2, -0.15) is 27.8 Å². The van der Waals surface area contributed by atoms with Crippen LogP contribution in [0.4, 0.5) is 0 Å². The highest BCUT2D eigenvalue weighted by Crippen LogP contribution is 2.29. The van der Waals surface area contributed by atoms with E-state index in [0.717, 1.165) is 71.0 Å². The van der Waals surface area contributed by atoms with E-state index in [4.69, 9.17) is 4.74 Å². The SMILES string of the molecule is C=C(OC(C)CCC)N1CCC(n2cc(-c3ccc4ncc(S(=O)(=O)n5ncc6ncc(-c7cnn(C)c7)cc65)n4c3)cn2)CC1. The molecule has 0 N–H and O–H groups in total. The number of fused-ring (bicyclic) bond motifs is 2. The summed E-state index contributed by atoms with van der Waals surface area (Å²) in [5.41, 5.74) is 4.60. The summed E-state index contributed by atoms with van der Waals surface area (Å²) in [5.74, 6) is 0.744. The highest BCUT2D eigenvalue weighted by molar-refractivity contribution is 7.90. The lowest BCUT2D eigenvalue weighted by Gasteiger charge is -2.35. The van der Waals surface area contributed by atoms with Gasteiger partial charge in [0.2, 0.25) is 0 Å². The summed E-state index contributed by atoms with van der Waals surface area (Å²) in [4.78, 5) is 11.0. The molecule has 0 radical (unpaired) electrons. The van der Waals surface area contributed by atoms with Crippen molar-refractivity contribution in [1.29, 1.82) is 0 Å². The molecule has 1 unspecified atom stereocenters. The first-order valence-corrected chi connectivity index (χ1v) is 16.9. The fraction of sp³-hybridized carbons (Fsp3) is 0.344. The van der Waals surface area contributed by atoms with E-state index < -0.39 is 10.0 Å². The van der Waals surface area contributed by atoms with Crippen molar-refractivity contribution < 1.29 is 13.2 Å². The van der Waals surface area contributed by atoms with Crippen LogP contribution < -0.4 is 0 Å². The molecule has 14 heteroatoms. The molecule has 238 valence electrons. The van der Waals surface area contributed by atoms with Crippen molar-refractivity contribution in [3.05, 3.63) is 80.2 Å². The minimum absolute atomic E-state index is 0.00315. The number of ether oxygens (including phenoxy) is 1. The summed E-state index contributed by atoms with van der Waals surface area (Å²) < 4.78 is 40.3. The summed E-state index contributed by atoms with van der Waals surface area (Å²) in [6.07, 6.45) is 17.8. The molecule has 0 amide bonds. The Morgan fingerprint density at radius 3 is 2.50 bits per heavy atom. The number of likely N-dealkylation sites (tertiary alicyclic amines) is 1. The third-order valence-corrected chi connectivity index (χ3v) is 10.1. The van der Waals surface area contributed by atoms with Gasteiger partial charge in [0.15, 0.2) is 10.9 Å². The number of hydrogen-bond donors (Lipinski definition) is 0. The molecule has 1 aliphatic rings. The number of aromatic nitrogens is 9. The second kappa shape index (κ2) is 11.7. The summed E-state index contributed by atoms with van der Waals surface area (Å²) in [7, 11) is -2.31. The summed E-state index contributed by atoms with van der Waals surface area (Å²) in [6, 6.07) is 5.73. The second-order valence-electron chi connectivity index (χ2n) is 11.8. The number of piperidine rings is 1. The van der Waals surface area contributed by atoms with Crippen LogP contribution >= 0.6 is 0 Å². The van der Waals surface area contributed by atoms with Crippen LogP contribution in [0.15, 0.2) is 85.3 Å². The first kappa shape index (κ1) is 29.7. The zero-order valence-corrected chi connectivity index (χ0v) is 26.9. The molecule has 1 saturated heterocycles. The maximum absolute atomic E-state index is 14.0. The van der Waals surface area contributed by atoms with Gasteiger partial charge in [-0.1, -0.05) is 13.3 Å². The number of aryl methyl sites for hydroxylation is 1. The average molecular weight is 641 g/mol. The molecule has 13 nitrogen and oxygen atoms in total. The third kappa shape index (κ3) is 5.42. The smallest absolute Gasteiger partial charge is 0.301 e. The Bertz CT molecular complexity index is 2150. The Morgan fingerprint density at radius 2 is 1.74 bits per heavy atom. The van der Waals surface area contributed by atoms with Gasteiger partial charge in [-0.15, -0.1) is 0 Å². The zero-order chi connectivity index (χ0) is 32.0. The lowest BCUT2D eigenvalue weighted by Crippen LogP contribution is -2.35. The van der Waals surface area contributed by atoms with E-state index in [-0.39, 0.29) is 17.2 Å². The molecular weight excluding hydrogens is 604 g/mol. The predicted octanol–water partition coefficient (Wildman–Crippen LogP) is 4.89. The van der Waals surface area contributed by atoms with Crippen LogP contribution in [0.5, 0.6) is 0 Å². The van der Waals surface area contributed by atoms with Gasteiger partial charge in [0.1, 0.15) is 16.7 Å². The molecule has 6 aromatic rings. The minimum Gasteiger partial charge on any atom is -0.477 e. The van der Waals surface area contributed by atoms with E-state index in [1.54, 1.807) is 39.8 Å². The van der Waals surface area contributed by atoms with Gasteiger partial charge < -0.3 is 9.64 Å². The molecule has 0 aromatic carbocycles. The highest BCUT2D eigenvalue weighted by Gasteiger charge is 2.27. The first-order chi connectivity index (χ1) is 22.2. The fourth-order valence-corrected chi connectivity index (χ4v) is 7.39. The molecule has 7 heterocycles. The molecule has 1 atom stereocenters.